The van der Waals surface area contributed by atoms with Gasteiger partial charge in [0.15, 0.2) is 6.61 Å². The molecule has 32 heavy (non-hydrogen) atoms. The number of hydrogen-bond acceptors (Lipinski definition) is 3. The molecule has 1 saturated carbocycles. The average molecular weight is 437 g/mol. The lowest BCUT2D eigenvalue weighted by atomic mass is 9.95. The van der Waals surface area contributed by atoms with Crippen molar-refractivity contribution in [3.63, 3.8) is 0 Å². The second-order valence-electron chi connectivity index (χ2n) is 9.01. The van der Waals surface area contributed by atoms with Gasteiger partial charge in [0.2, 0.25) is 5.91 Å². The first-order valence-electron chi connectivity index (χ1n) is 11.7. The number of nitrogens with zero attached hydrogens (tertiary/aromatic N) is 1. The largest absolute Gasteiger partial charge is 0.483 e. The summed E-state index contributed by atoms with van der Waals surface area (Å²) in [4.78, 5) is 27.9. The number of carbonyl (C=O) groups is 2. The quantitative estimate of drug-likeness (QED) is 0.643. The lowest BCUT2D eigenvalue weighted by molar-refractivity contribution is -0.142. The number of hydrogen-bond donors (Lipinski definition) is 1. The molecule has 2 aromatic rings. The SMILES string of the molecule is Cc1ccc(CN(C(=O)COc2cccc(C)c2C)C(C)C(=O)NC2CCCCC2)cc1. The first-order valence-corrected chi connectivity index (χ1v) is 11.7. The van der Waals surface area contributed by atoms with E-state index in [1.54, 1.807) is 4.90 Å². The highest BCUT2D eigenvalue weighted by Crippen LogP contribution is 2.21. The summed E-state index contributed by atoms with van der Waals surface area (Å²) in [6, 6.07) is 13.5. The maximum absolute atomic E-state index is 13.2. The van der Waals surface area contributed by atoms with Crippen LogP contribution in [0, 0.1) is 20.8 Å². The molecule has 1 N–H and O–H groups in total. The van der Waals surface area contributed by atoms with Crippen molar-refractivity contribution >= 4 is 11.8 Å². The van der Waals surface area contributed by atoms with Crippen LogP contribution in [0.5, 0.6) is 5.75 Å². The van der Waals surface area contributed by atoms with E-state index >= 15 is 0 Å². The standard InChI is InChI=1S/C27H36N2O3/c1-19-13-15-23(16-14-19)17-29(22(4)27(31)28-24-10-6-5-7-11-24)26(30)18-32-25-12-8-9-20(2)21(25)3/h8-9,12-16,22,24H,5-7,10-11,17-18H2,1-4H3,(H,28,31). The van der Waals surface area contributed by atoms with E-state index in [1.807, 2.05) is 70.2 Å². The number of amides is 2. The van der Waals surface area contributed by atoms with Crippen LogP contribution in [-0.2, 0) is 16.1 Å². The highest BCUT2D eigenvalue weighted by atomic mass is 16.5. The Balaban J connectivity index is 1.72. The maximum Gasteiger partial charge on any atom is 0.261 e. The summed E-state index contributed by atoms with van der Waals surface area (Å²) in [5, 5.41) is 3.17. The molecule has 0 saturated heterocycles. The summed E-state index contributed by atoms with van der Waals surface area (Å²) in [6.45, 7) is 8.11. The molecule has 3 rings (SSSR count). The Morgan fingerprint density at radius 2 is 1.72 bits per heavy atom. The molecular formula is C27H36N2O3. The van der Waals surface area contributed by atoms with Gasteiger partial charge in [0.25, 0.3) is 5.91 Å². The number of aryl methyl sites for hydroxylation is 2. The molecule has 1 fully saturated rings. The van der Waals surface area contributed by atoms with Gasteiger partial charge in [0.05, 0.1) is 0 Å². The van der Waals surface area contributed by atoms with Crippen LogP contribution in [0.3, 0.4) is 0 Å². The van der Waals surface area contributed by atoms with E-state index in [9.17, 15) is 9.59 Å². The van der Waals surface area contributed by atoms with Crippen LogP contribution in [-0.4, -0.2) is 35.4 Å². The van der Waals surface area contributed by atoms with E-state index in [1.165, 1.54) is 6.42 Å². The zero-order valence-electron chi connectivity index (χ0n) is 19.8. The van der Waals surface area contributed by atoms with E-state index < -0.39 is 6.04 Å². The minimum absolute atomic E-state index is 0.0934. The Labute approximate surface area is 192 Å². The molecule has 5 nitrogen and oxygen atoms in total. The topological polar surface area (TPSA) is 58.6 Å². The fraction of sp³-hybridized carbons (Fsp3) is 0.481. The number of benzene rings is 2. The molecule has 0 aliphatic heterocycles. The van der Waals surface area contributed by atoms with Gasteiger partial charge >= 0.3 is 0 Å². The van der Waals surface area contributed by atoms with Gasteiger partial charge in [-0.15, -0.1) is 0 Å². The first kappa shape index (κ1) is 23.8. The van der Waals surface area contributed by atoms with Crippen molar-refractivity contribution in [1.82, 2.24) is 10.2 Å². The van der Waals surface area contributed by atoms with Crippen molar-refractivity contribution in [3.05, 3.63) is 64.7 Å². The van der Waals surface area contributed by atoms with Gasteiger partial charge in [-0.1, -0.05) is 61.2 Å². The van der Waals surface area contributed by atoms with Gasteiger partial charge in [0.1, 0.15) is 11.8 Å². The van der Waals surface area contributed by atoms with Crippen LogP contribution in [0.15, 0.2) is 42.5 Å². The maximum atomic E-state index is 13.2. The molecule has 1 aliphatic carbocycles. The molecule has 5 heteroatoms. The van der Waals surface area contributed by atoms with Crippen LogP contribution >= 0.6 is 0 Å². The van der Waals surface area contributed by atoms with Gasteiger partial charge in [-0.25, -0.2) is 0 Å². The average Bonchev–Trinajstić information content (AvgIpc) is 2.79. The fourth-order valence-corrected chi connectivity index (χ4v) is 4.14. The van der Waals surface area contributed by atoms with Gasteiger partial charge in [0, 0.05) is 12.6 Å². The second kappa shape index (κ2) is 11.2. The molecule has 1 atom stereocenters. The van der Waals surface area contributed by atoms with Crippen LogP contribution in [0.2, 0.25) is 0 Å². The lowest BCUT2D eigenvalue weighted by Crippen LogP contribution is -2.51. The molecule has 0 radical (unpaired) electrons. The first-order chi connectivity index (χ1) is 15.3. The third-order valence-corrected chi connectivity index (χ3v) is 6.50. The van der Waals surface area contributed by atoms with Crippen LogP contribution in [0.4, 0.5) is 0 Å². The molecule has 172 valence electrons. The predicted molar refractivity (Wildman–Crippen MR) is 128 cm³/mol. The van der Waals surface area contributed by atoms with Gasteiger partial charge in [-0.3, -0.25) is 9.59 Å². The normalized spacial score (nSPS) is 15.1. The predicted octanol–water partition coefficient (Wildman–Crippen LogP) is 4.86. The molecule has 1 unspecified atom stereocenters. The van der Waals surface area contributed by atoms with Crippen molar-refractivity contribution in [1.29, 1.82) is 0 Å². The summed E-state index contributed by atoms with van der Waals surface area (Å²) < 4.78 is 5.87. The van der Waals surface area contributed by atoms with Gasteiger partial charge in [-0.2, -0.15) is 0 Å². The fourth-order valence-electron chi connectivity index (χ4n) is 4.14. The molecule has 0 bridgehead atoms. The lowest BCUT2D eigenvalue weighted by Gasteiger charge is -2.31. The van der Waals surface area contributed by atoms with Crippen LogP contribution in [0.25, 0.3) is 0 Å². The van der Waals surface area contributed by atoms with Crippen molar-refractivity contribution in [3.8, 4) is 5.75 Å². The van der Waals surface area contributed by atoms with Crippen molar-refractivity contribution in [2.75, 3.05) is 6.61 Å². The van der Waals surface area contributed by atoms with Crippen molar-refractivity contribution in [2.24, 2.45) is 0 Å². The Hall–Kier alpha value is -2.82. The van der Waals surface area contributed by atoms with E-state index in [0.717, 1.165) is 47.9 Å². The molecule has 0 aromatic heterocycles. The molecule has 1 aliphatic rings. The molecule has 0 spiro atoms. The second-order valence-corrected chi connectivity index (χ2v) is 9.01. The Morgan fingerprint density at radius 3 is 2.41 bits per heavy atom. The molecule has 0 heterocycles. The zero-order chi connectivity index (χ0) is 23.1. The number of rotatable bonds is 8. The number of ether oxygens (including phenoxy) is 1. The Kier molecular flexibility index (Phi) is 8.32. The molecule has 2 aromatic carbocycles. The van der Waals surface area contributed by atoms with Gasteiger partial charge < -0.3 is 15.0 Å². The summed E-state index contributed by atoms with van der Waals surface area (Å²) in [5.74, 6) is 0.412. The third kappa shape index (κ3) is 6.35. The third-order valence-electron chi connectivity index (χ3n) is 6.50. The van der Waals surface area contributed by atoms with Gasteiger partial charge in [-0.05, 0) is 63.3 Å². The summed E-state index contributed by atoms with van der Waals surface area (Å²) >= 11 is 0. The monoisotopic (exact) mass is 436 g/mol. The number of carbonyl (C=O) groups excluding carboxylic acids is 2. The highest BCUT2D eigenvalue weighted by molar-refractivity contribution is 5.88. The Bertz CT molecular complexity index is 917. The van der Waals surface area contributed by atoms with Crippen LogP contribution < -0.4 is 10.1 Å². The Morgan fingerprint density at radius 1 is 1.03 bits per heavy atom. The summed E-state index contributed by atoms with van der Waals surface area (Å²) in [6.07, 6.45) is 5.56. The van der Waals surface area contributed by atoms with Crippen molar-refractivity contribution in [2.45, 2.75) is 78.4 Å². The summed E-state index contributed by atoms with van der Waals surface area (Å²) in [7, 11) is 0. The van der Waals surface area contributed by atoms with E-state index in [4.69, 9.17) is 4.74 Å². The minimum atomic E-state index is -0.576. The molecule has 2 amide bonds. The minimum Gasteiger partial charge on any atom is -0.483 e. The smallest absolute Gasteiger partial charge is 0.261 e. The van der Waals surface area contributed by atoms with E-state index in [0.29, 0.717) is 12.3 Å². The highest BCUT2D eigenvalue weighted by Gasteiger charge is 2.28. The number of nitrogens with one attached hydrogen (secondary N) is 1. The zero-order valence-corrected chi connectivity index (χ0v) is 19.8. The summed E-state index contributed by atoms with van der Waals surface area (Å²) in [5.41, 5.74) is 4.29. The van der Waals surface area contributed by atoms with Crippen LogP contribution in [0.1, 0.15) is 61.3 Å². The van der Waals surface area contributed by atoms with E-state index in [2.05, 4.69) is 5.32 Å². The van der Waals surface area contributed by atoms with E-state index in [-0.39, 0.29) is 24.5 Å². The molecular weight excluding hydrogens is 400 g/mol. The van der Waals surface area contributed by atoms with Crippen molar-refractivity contribution < 1.29 is 14.3 Å².